The summed E-state index contributed by atoms with van der Waals surface area (Å²) in [5, 5.41) is 5.39. The number of carbonyl (C=O) groups excluding carboxylic acids is 1. The van der Waals surface area contributed by atoms with Crippen molar-refractivity contribution >= 4 is 17.5 Å². The van der Waals surface area contributed by atoms with Crippen LogP contribution in [0.5, 0.6) is 17.5 Å². The number of urea groups is 1. The molecule has 0 atom stereocenters. The molecule has 1 saturated carbocycles. The predicted molar refractivity (Wildman–Crippen MR) is 124 cm³/mol. The van der Waals surface area contributed by atoms with Gasteiger partial charge in [-0.15, -0.1) is 13.2 Å². The second-order valence-electron chi connectivity index (χ2n) is 8.40. The molecule has 1 aliphatic carbocycles. The van der Waals surface area contributed by atoms with Gasteiger partial charge >= 0.3 is 18.4 Å². The molecule has 2 fully saturated rings. The van der Waals surface area contributed by atoms with Gasteiger partial charge in [0.25, 0.3) is 0 Å². The Labute approximate surface area is 206 Å². The van der Waals surface area contributed by atoms with E-state index in [0.717, 1.165) is 31.0 Å². The zero-order valence-corrected chi connectivity index (χ0v) is 19.7. The van der Waals surface area contributed by atoms with Crippen molar-refractivity contribution in [2.24, 2.45) is 0 Å². The average molecular weight is 512 g/mol. The SMILES string of the molecule is COc1ccc(OC(F)(F)F)cc1NC(=O)N[C@H]1CC[C@H](Oc2nccc(N3CCOCC3)n2)CC1. The lowest BCUT2D eigenvalue weighted by atomic mass is 9.93. The molecule has 2 N–H and O–H groups in total. The molecular weight excluding hydrogens is 483 g/mol. The van der Waals surface area contributed by atoms with E-state index in [4.69, 9.17) is 14.2 Å². The molecule has 1 aromatic heterocycles. The average Bonchev–Trinajstić information content (AvgIpc) is 2.85. The number of nitrogens with zero attached hydrogens (tertiary/aromatic N) is 3. The van der Waals surface area contributed by atoms with Crippen molar-refractivity contribution in [2.45, 2.75) is 44.2 Å². The van der Waals surface area contributed by atoms with Crippen LogP contribution in [0.2, 0.25) is 0 Å². The first kappa shape index (κ1) is 25.6. The molecule has 1 aliphatic heterocycles. The smallest absolute Gasteiger partial charge is 0.495 e. The summed E-state index contributed by atoms with van der Waals surface area (Å²) in [6.45, 7) is 2.84. The Hall–Kier alpha value is -3.48. The summed E-state index contributed by atoms with van der Waals surface area (Å²) in [6.07, 6.45) is -0.548. The highest BCUT2D eigenvalue weighted by atomic mass is 19.4. The van der Waals surface area contributed by atoms with Gasteiger partial charge in [0.2, 0.25) is 0 Å². The third-order valence-corrected chi connectivity index (χ3v) is 5.89. The number of aromatic nitrogens is 2. The number of rotatable bonds is 7. The van der Waals surface area contributed by atoms with Crippen molar-refractivity contribution in [2.75, 3.05) is 43.6 Å². The third-order valence-electron chi connectivity index (χ3n) is 5.89. The number of halogens is 3. The van der Waals surface area contributed by atoms with Gasteiger partial charge < -0.3 is 34.5 Å². The van der Waals surface area contributed by atoms with E-state index in [9.17, 15) is 18.0 Å². The minimum atomic E-state index is -4.84. The van der Waals surface area contributed by atoms with E-state index < -0.39 is 18.1 Å². The fraction of sp³-hybridized carbons (Fsp3) is 0.522. The lowest BCUT2D eigenvalue weighted by Crippen LogP contribution is -2.42. The summed E-state index contributed by atoms with van der Waals surface area (Å²) in [6, 6.07) is 4.95. The maximum Gasteiger partial charge on any atom is 0.573 e. The van der Waals surface area contributed by atoms with E-state index in [2.05, 4.69) is 30.2 Å². The molecule has 2 heterocycles. The van der Waals surface area contributed by atoms with Crippen LogP contribution in [-0.2, 0) is 4.74 Å². The molecule has 2 amide bonds. The van der Waals surface area contributed by atoms with Crippen LogP contribution in [0.25, 0.3) is 0 Å². The maximum atomic E-state index is 12.5. The fourth-order valence-corrected chi connectivity index (χ4v) is 4.16. The lowest BCUT2D eigenvalue weighted by Gasteiger charge is -2.30. The van der Waals surface area contributed by atoms with Crippen LogP contribution in [0.4, 0.5) is 29.5 Å². The van der Waals surface area contributed by atoms with Crippen LogP contribution in [0.3, 0.4) is 0 Å². The van der Waals surface area contributed by atoms with Crippen molar-refractivity contribution in [3.8, 4) is 17.5 Å². The van der Waals surface area contributed by atoms with Gasteiger partial charge in [-0.25, -0.2) is 9.78 Å². The second kappa shape index (κ2) is 11.5. The van der Waals surface area contributed by atoms with E-state index in [0.29, 0.717) is 44.9 Å². The minimum absolute atomic E-state index is 0.0612. The lowest BCUT2D eigenvalue weighted by molar-refractivity contribution is -0.274. The van der Waals surface area contributed by atoms with E-state index in [1.807, 2.05) is 6.07 Å². The topological polar surface area (TPSA) is 107 Å². The molecule has 0 bridgehead atoms. The number of nitrogens with one attached hydrogen (secondary N) is 2. The number of alkyl halides is 3. The van der Waals surface area contributed by atoms with Crippen molar-refractivity contribution in [1.29, 1.82) is 0 Å². The Kier molecular flexibility index (Phi) is 8.18. The normalized spacial score (nSPS) is 20.4. The van der Waals surface area contributed by atoms with Gasteiger partial charge in [-0.1, -0.05) is 0 Å². The molecule has 10 nitrogen and oxygen atoms in total. The molecule has 1 aromatic carbocycles. The maximum absolute atomic E-state index is 12.5. The highest BCUT2D eigenvalue weighted by Gasteiger charge is 2.31. The van der Waals surface area contributed by atoms with Crippen LogP contribution in [0, 0.1) is 0 Å². The summed E-state index contributed by atoms with van der Waals surface area (Å²) in [5.41, 5.74) is 0.0612. The Morgan fingerprint density at radius 2 is 1.89 bits per heavy atom. The van der Waals surface area contributed by atoms with Crippen LogP contribution in [0.15, 0.2) is 30.5 Å². The largest absolute Gasteiger partial charge is 0.573 e. The monoisotopic (exact) mass is 511 g/mol. The first-order chi connectivity index (χ1) is 17.3. The number of methoxy groups -OCH3 is 1. The van der Waals surface area contributed by atoms with Gasteiger partial charge in [0.1, 0.15) is 23.4 Å². The number of hydrogen-bond donors (Lipinski definition) is 2. The molecular formula is C23H28F3N5O5. The van der Waals surface area contributed by atoms with Crippen LogP contribution in [-0.4, -0.2) is 67.9 Å². The number of hydrogen-bond acceptors (Lipinski definition) is 8. The second-order valence-corrected chi connectivity index (χ2v) is 8.40. The van der Waals surface area contributed by atoms with E-state index in [-0.39, 0.29) is 23.6 Å². The third kappa shape index (κ3) is 7.26. The number of amides is 2. The summed E-state index contributed by atoms with van der Waals surface area (Å²) in [5.74, 6) is 0.544. The molecule has 4 rings (SSSR count). The zero-order chi connectivity index (χ0) is 25.5. The van der Waals surface area contributed by atoms with Crippen molar-refractivity contribution in [3.63, 3.8) is 0 Å². The molecule has 2 aromatic rings. The highest BCUT2D eigenvalue weighted by Crippen LogP contribution is 2.32. The van der Waals surface area contributed by atoms with Gasteiger partial charge in [-0.05, 0) is 43.9 Å². The molecule has 0 spiro atoms. The molecule has 1 saturated heterocycles. The van der Waals surface area contributed by atoms with Gasteiger partial charge in [-0.3, -0.25) is 0 Å². The van der Waals surface area contributed by atoms with Gasteiger partial charge in [0.15, 0.2) is 0 Å². The summed E-state index contributed by atoms with van der Waals surface area (Å²) in [4.78, 5) is 23.4. The van der Waals surface area contributed by atoms with Crippen molar-refractivity contribution in [3.05, 3.63) is 30.5 Å². The van der Waals surface area contributed by atoms with Crippen LogP contribution < -0.4 is 29.7 Å². The van der Waals surface area contributed by atoms with Gasteiger partial charge in [0, 0.05) is 31.4 Å². The fourth-order valence-electron chi connectivity index (χ4n) is 4.16. The van der Waals surface area contributed by atoms with E-state index in [1.54, 1.807) is 6.20 Å². The standard InChI is InChI=1S/C23H28F3N5O5/c1-33-19-7-6-17(36-23(24,25)26)14-18(19)29-21(32)28-15-2-4-16(5-3-15)35-22-27-9-8-20(30-22)31-10-12-34-13-11-31/h6-9,14-16H,2-5,10-13H2,1H3,(H2,28,29,32)/t15-,16-. The Morgan fingerprint density at radius 3 is 2.58 bits per heavy atom. The summed E-state index contributed by atoms with van der Waals surface area (Å²) < 4.78 is 58.0. The van der Waals surface area contributed by atoms with Gasteiger partial charge in [-0.2, -0.15) is 4.98 Å². The molecule has 13 heteroatoms. The Balaban J connectivity index is 1.26. The molecule has 0 unspecified atom stereocenters. The Bertz CT molecular complexity index is 1030. The van der Waals surface area contributed by atoms with Gasteiger partial charge in [0.05, 0.1) is 26.0 Å². The summed E-state index contributed by atoms with van der Waals surface area (Å²) in [7, 11) is 1.35. The molecule has 0 radical (unpaired) electrons. The predicted octanol–water partition coefficient (Wildman–Crippen LogP) is 3.73. The number of ether oxygens (including phenoxy) is 4. The first-order valence-electron chi connectivity index (χ1n) is 11.6. The number of anilines is 2. The van der Waals surface area contributed by atoms with E-state index in [1.165, 1.54) is 13.2 Å². The van der Waals surface area contributed by atoms with Crippen molar-refractivity contribution in [1.82, 2.24) is 15.3 Å². The van der Waals surface area contributed by atoms with Crippen molar-refractivity contribution < 1.29 is 36.9 Å². The summed E-state index contributed by atoms with van der Waals surface area (Å²) >= 11 is 0. The molecule has 36 heavy (non-hydrogen) atoms. The number of morpholine rings is 1. The van der Waals surface area contributed by atoms with E-state index >= 15 is 0 Å². The highest BCUT2D eigenvalue weighted by molar-refractivity contribution is 5.91. The molecule has 2 aliphatic rings. The van der Waals surface area contributed by atoms with Crippen LogP contribution in [0.1, 0.15) is 25.7 Å². The number of carbonyl (C=O) groups is 1. The van der Waals surface area contributed by atoms with Crippen LogP contribution >= 0.6 is 0 Å². The Morgan fingerprint density at radius 1 is 1.14 bits per heavy atom. The zero-order valence-electron chi connectivity index (χ0n) is 19.7. The quantitative estimate of drug-likeness (QED) is 0.579. The molecule has 196 valence electrons. The number of benzene rings is 1. The first-order valence-corrected chi connectivity index (χ1v) is 11.6. The minimum Gasteiger partial charge on any atom is -0.495 e.